The van der Waals surface area contributed by atoms with E-state index >= 15 is 0 Å². The molecule has 3 nitrogen and oxygen atoms in total. The second-order valence-electron chi connectivity index (χ2n) is 5.73. The molecule has 3 heteroatoms. The van der Waals surface area contributed by atoms with Gasteiger partial charge in [0.2, 0.25) is 0 Å². The van der Waals surface area contributed by atoms with Crippen molar-refractivity contribution in [2.45, 2.75) is 84.4 Å². The first-order valence-electron chi connectivity index (χ1n) is 6.88. The number of azo groups is 1. The van der Waals surface area contributed by atoms with Gasteiger partial charge in [-0.2, -0.15) is 10.2 Å². The van der Waals surface area contributed by atoms with Crippen molar-refractivity contribution in [3.8, 4) is 0 Å². The Morgan fingerprint density at radius 1 is 0.882 bits per heavy atom. The summed E-state index contributed by atoms with van der Waals surface area (Å²) in [5.41, 5.74) is -0.514. The molecule has 0 bridgehead atoms. The van der Waals surface area contributed by atoms with Gasteiger partial charge in [-0.3, -0.25) is 0 Å². The number of hydrogen-bond donors (Lipinski definition) is 0. The molecule has 0 aromatic heterocycles. The van der Waals surface area contributed by atoms with Crippen LogP contribution in [0.4, 0.5) is 0 Å². The lowest BCUT2D eigenvalue weighted by molar-refractivity contribution is -0.0272. The predicted octanol–water partition coefficient (Wildman–Crippen LogP) is 4.96. The number of nitrogens with zero attached hydrogens (tertiary/aromatic N) is 2. The molecule has 0 aromatic rings. The van der Waals surface area contributed by atoms with E-state index in [1.54, 1.807) is 7.11 Å². The zero-order chi connectivity index (χ0) is 13.4. The number of hydrogen-bond acceptors (Lipinski definition) is 3. The molecule has 0 heterocycles. The normalized spacial score (nSPS) is 16.4. The van der Waals surface area contributed by atoms with Crippen LogP contribution in [-0.4, -0.2) is 18.4 Å². The molecule has 17 heavy (non-hydrogen) atoms. The van der Waals surface area contributed by atoms with Gasteiger partial charge in [-0.05, 0) is 40.0 Å². The molecule has 0 N–H and O–H groups in total. The highest BCUT2D eigenvalue weighted by atomic mass is 16.5. The summed E-state index contributed by atoms with van der Waals surface area (Å²) in [6.07, 6.45) is 6.62. The quantitative estimate of drug-likeness (QED) is 0.437. The van der Waals surface area contributed by atoms with Gasteiger partial charge >= 0.3 is 0 Å². The number of ether oxygens (including phenoxy) is 1. The van der Waals surface area contributed by atoms with Crippen LogP contribution in [0, 0.1) is 0 Å². The zero-order valence-corrected chi connectivity index (χ0v) is 12.5. The van der Waals surface area contributed by atoms with E-state index in [0.717, 1.165) is 25.7 Å². The molecule has 0 aliphatic carbocycles. The lowest BCUT2D eigenvalue weighted by atomic mass is 10.0. The molecule has 1 unspecified atom stereocenters. The molecular weight excluding hydrogens is 212 g/mol. The molecule has 0 saturated carbocycles. The van der Waals surface area contributed by atoms with Gasteiger partial charge in [0.15, 0.2) is 5.72 Å². The maximum absolute atomic E-state index is 5.66. The summed E-state index contributed by atoms with van der Waals surface area (Å²) in [5, 5.41) is 8.91. The summed E-state index contributed by atoms with van der Waals surface area (Å²) < 4.78 is 5.66. The lowest BCUT2D eigenvalue weighted by Crippen LogP contribution is -2.29. The maximum Gasteiger partial charge on any atom is 0.178 e. The van der Waals surface area contributed by atoms with Crippen LogP contribution in [0.25, 0.3) is 0 Å². The average molecular weight is 242 g/mol. The number of unbranched alkanes of at least 4 members (excludes halogenated alkanes) is 2. The first-order chi connectivity index (χ1) is 7.89. The van der Waals surface area contributed by atoms with Crippen LogP contribution < -0.4 is 0 Å². The molecule has 0 spiro atoms. The van der Waals surface area contributed by atoms with Gasteiger partial charge in [0, 0.05) is 7.11 Å². The van der Waals surface area contributed by atoms with E-state index in [9.17, 15) is 0 Å². The van der Waals surface area contributed by atoms with Crippen LogP contribution in [0.1, 0.15) is 73.1 Å². The van der Waals surface area contributed by atoms with Crippen molar-refractivity contribution in [3.63, 3.8) is 0 Å². The van der Waals surface area contributed by atoms with E-state index in [4.69, 9.17) is 4.74 Å². The standard InChI is InChI=1S/C14H30N2O/c1-7-9-10-12-14(17-6,11-8-2)16-15-13(3,4)5/h7-12H2,1-6H3. The van der Waals surface area contributed by atoms with Crippen molar-refractivity contribution in [2.75, 3.05) is 7.11 Å². The van der Waals surface area contributed by atoms with Crippen LogP contribution in [-0.2, 0) is 4.74 Å². The fourth-order valence-corrected chi connectivity index (χ4v) is 1.75. The highest BCUT2D eigenvalue weighted by Crippen LogP contribution is 2.28. The molecular formula is C14H30N2O. The zero-order valence-electron chi connectivity index (χ0n) is 12.5. The molecule has 102 valence electrons. The minimum atomic E-state index is -0.392. The summed E-state index contributed by atoms with van der Waals surface area (Å²) in [7, 11) is 1.75. The van der Waals surface area contributed by atoms with Crippen LogP contribution in [0.3, 0.4) is 0 Å². The van der Waals surface area contributed by atoms with Crippen LogP contribution in [0.5, 0.6) is 0 Å². The molecule has 0 aliphatic heterocycles. The lowest BCUT2D eigenvalue weighted by Gasteiger charge is -2.28. The van der Waals surface area contributed by atoms with Gasteiger partial charge in [-0.15, -0.1) is 0 Å². The Hall–Kier alpha value is -0.440. The molecule has 0 aliphatic rings. The summed E-state index contributed by atoms with van der Waals surface area (Å²) in [5.74, 6) is 0. The minimum absolute atomic E-state index is 0.123. The van der Waals surface area contributed by atoms with Crippen molar-refractivity contribution in [1.29, 1.82) is 0 Å². The Morgan fingerprint density at radius 3 is 1.94 bits per heavy atom. The first-order valence-corrected chi connectivity index (χ1v) is 6.88. The number of methoxy groups -OCH3 is 1. The Kier molecular flexibility index (Phi) is 7.60. The third-order valence-electron chi connectivity index (χ3n) is 2.72. The van der Waals surface area contributed by atoms with E-state index in [0.29, 0.717) is 0 Å². The third-order valence-corrected chi connectivity index (χ3v) is 2.72. The SMILES string of the molecule is CCCCCC(CCC)(N=NC(C)(C)C)OC. The van der Waals surface area contributed by atoms with E-state index in [-0.39, 0.29) is 5.54 Å². The monoisotopic (exact) mass is 242 g/mol. The van der Waals surface area contributed by atoms with Gasteiger partial charge in [0.25, 0.3) is 0 Å². The van der Waals surface area contributed by atoms with Crippen molar-refractivity contribution < 1.29 is 4.74 Å². The topological polar surface area (TPSA) is 34.0 Å². The summed E-state index contributed by atoms with van der Waals surface area (Å²) >= 11 is 0. The Balaban J connectivity index is 4.63. The summed E-state index contributed by atoms with van der Waals surface area (Å²) in [6.45, 7) is 10.6. The van der Waals surface area contributed by atoms with Crippen LogP contribution in [0.15, 0.2) is 10.2 Å². The Labute approximate surface area is 107 Å². The van der Waals surface area contributed by atoms with Crippen LogP contribution >= 0.6 is 0 Å². The van der Waals surface area contributed by atoms with Gasteiger partial charge in [0.05, 0.1) is 5.54 Å². The molecule has 0 amide bonds. The average Bonchev–Trinajstić information content (AvgIpc) is 2.25. The van der Waals surface area contributed by atoms with Crippen molar-refractivity contribution in [2.24, 2.45) is 10.2 Å². The van der Waals surface area contributed by atoms with E-state index in [1.165, 1.54) is 12.8 Å². The van der Waals surface area contributed by atoms with Gasteiger partial charge in [-0.25, -0.2) is 0 Å². The molecule has 0 saturated heterocycles. The molecule has 0 fully saturated rings. The second-order valence-corrected chi connectivity index (χ2v) is 5.73. The summed E-state index contributed by atoms with van der Waals surface area (Å²) in [6, 6.07) is 0. The second kappa shape index (κ2) is 7.80. The van der Waals surface area contributed by atoms with Crippen molar-refractivity contribution in [1.82, 2.24) is 0 Å². The van der Waals surface area contributed by atoms with Gasteiger partial charge in [0.1, 0.15) is 0 Å². The molecule has 1 atom stereocenters. The van der Waals surface area contributed by atoms with Gasteiger partial charge < -0.3 is 4.74 Å². The van der Waals surface area contributed by atoms with E-state index in [1.807, 2.05) is 0 Å². The van der Waals surface area contributed by atoms with Crippen LogP contribution in [0.2, 0.25) is 0 Å². The maximum atomic E-state index is 5.66. The fourth-order valence-electron chi connectivity index (χ4n) is 1.75. The van der Waals surface area contributed by atoms with Crippen molar-refractivity contribution in [3.05, 3.63) is 0 Å². The number of rotatable bonds is 8. The Bertz CT molecular complexity index is 221. The molecule has 0 aromatic carbocycles. The molecule has 0 rings (SSSR count). The molecule has 0 radical (unpaired) electrons. The fraction of sp³-hybridized carbons (Fsp3) is 1.00. The largest absolute Gasteiger partial charge is 0.355 e. The third kappa shape index (κ3) is 7.48. The van der Waals surface area contributed by atoms with E-state index in [2.05, 4.69) is 44.8 Å². The minimum Gasteiger partial charge on any atom is -0.355 e. The smallest absolute Gasteiger partial charge is 0.178 e. The Morgan fingerprint density at radius 2 is 1.53 bits per heavy atom. The highest BCUT2D eigenvalue weighted by molar-refractivity contribution is 4.78. The van der Waals surface area contributed by atoms with Crippen molar-refractivity contribution >= 4 is 0 Å². The summed E-state index contributed by atoms with van der Waals surface area (Å²) in [4.78, 5) is 0. The van der Waals surface area contributed by atoms with Gasteiger partial charge in [-0.1, -0.05) is 33.1 Å². The van der Waals surface area contributed by atoms with E-state index < -0.39 is 5.72 Å². The predicted molar refractivity (Wildman–Crippen MR) is 73.4 cm³/mol. The highest BCUT2D eigenvalue weighted by Gasteiger charge is 2.28. The first kappa shape index (κ1) is 16.6.